The maximum atomic E-state index is 11.1. The Morgan fingerprint density at radius 3 is 2.41 bits per heavy atom. The number of nitrogens with two attached hydrogens (primary N) is 1. The van der Waals surface area contributed by atoms with Gasteiger partial charge in [-0.1, -0.05) is 21.6 Å². The Hall–Kier alpha value is -0.860. The second kappa shape index (κ2) is 8.26. The van der Waals surface area contributed by atoms with Gasteiger partial charge >= 0.3 is 5.97 Å². The summed E-state index contributed by atoms with van der Waals surface area (Å²) < 4.78 is 4.35. The molecule has 3 N–H and O–H groups in total. The number of carbonyl (C=O) groups is 3. The molecule has 17 heavy (non-hydrogen) atoms. The van der Waals surface area contributed by atoms with E-state index in [2.05, 4.69) is 4.74 Å². The zero-order valence-electron chi connectivity index (χ0n) is 9.52. The van der Waals surface area contributed by atoms with Crippen LogP contribution in [0.4, 0.5) is 0 Å². The van der Waals surface area contributed by atoms with Crippen LogP contribution in [0.25, 0.3) is 0 Å². The number of carbonyl (C=O) groups excluding carboxylic acids is 3. The minimum absolute atomic E-state index is 0.156. The van der Waals surface area contributed by atoms with Gasteiger partial charge in [0.1, 0.15) is 5.71 Å². The Bertz CT molecular complexity index is 333. The Kier molecular flexibility index (Phi) is 7.85. The molecule has 0 amide bonds. The van der Waals surface area contributed by atoms with E-state index in [0.29, 0.717) is 0 Å². The molecule has 0 aliphatic carbocycles. The number of esters is 1. The largest absolute Gasteiger partial charge is 0.465 e. The highest BCUT2D eigenvalue weighted by Gasteiger charge is 2.18. The summed E-state index contributed by atoms with van der Waals surface area (Å²) >= 11 is 0. The lowest BCUT2D eigenvalue weighted by atomic mass is 10.2. The maximum absolute atomic E-state index is 11.1. The van der Waals surface area contributed by atoms with Crippen LogP contribution in [0.3, 0.4) is 0 Å². The van der Waals surface area contributed by atoms with E-state index in [-0.39, 0.29) is 17.2 Å². The summed E-state index contributed by atoms with van der Waals surface area (Å²) in [7, 11) is 3.65. The molecule has 1 atom stereocenters. The molecule has 0 spiro atoms. The van der Waals surface area contributed by atoms with Crippen LogP contribution in [0.2, 0.25) is 0 Å². The highest BCUT2D eigenvalue weighted by Crippen LogP contribution is 2.21. The zero-order valence-corrected chi connectivity index (χ0v) is 11.2. The lowest BCUT2D eigenvalue weighted by Gasteiger charge is -2.07. The summed E-state index contributed by atoms with van der Waals surface area (Å²) in [6.07, 6.45) is 0. The Labute approximate surface area is 107 Å². The van der Waals surface area contributed by atoms with Gasteiger partial charge in [-0.05, 0) is 0 Å². The third kappa shape index (κ3) is 6.44. The van der Waals surface area contributed by atoms with E-state index in [4.69, 9.17) is 11.1 Å². The first-order valence-electron chi connectivity index (χ1n) is 4.60. The Balaban J connectivity index is 3.79. The van der Waals surface area contributed by atoms with Crippen molar-refractivity contribution in [2.45, 2.75) is 13.0 Å². The Morgan fingerprint density at radius 1 is 1.35 bits per heavy atom. The zero-order chi connectivity index (χ0) is 13.4. The molecule has 0 saturated heterocycles. The minimum atomic E-state index is -0.836. The van der Waals surface area contributed by atoms with Crippen molar-refractivity contribution in [3.05, 3.63) is 0 Å². The number of ketones is 2. The Morgan fingerprint density at radius 2 is 1.94 bits per heavy atom. The molecule has 0 aromatic rings. The molecule has 8 heteroatoms. The quantitative estimate of drug-likeness (QED) is 0.212. The van der Waals surface area contributed by atoms with E-state index in [1.807, 2.05) is 0 Å². The second-order valence-corrected chi connectivity index (χ2v) is 5.55. The van der Waals surface area contributed by atoms with Gasteiger partial charge < -0.3 is 10.5 Å². The molecule has 96 valence electrons. The van der Waals surface area contributed by atoms with E-state index >= 15 is 0 Å². The fourth-order valence-corrected chi connectivity index (χ4v) is 2.79. The van der Waals surface area contributed by atoms with Crippen molar-refractivity contribution in [2.75, 3.05) is 18.6 Å². The number of nitrogens with one attached hydrogen (secondary N) is 1. The minimum Gasteiger partial charge on any atom is -0.465 e. The fourth-order valence-electron chi connectivity index (χ4n) is 0.741. The van der Waals surface area contributed by atoms with Crippen molar-refractivity contribution < 1.29 is 19.1 Å². The third-order valence-corrected chi connectivity index (χ3v) is 3.98. The highest BCUT2D eigenvalue weighted by molar-refractivity contribution is 8.76. The van der Waals surface area contributed by atoms with Gasteiger partial charge in [0.25, 0.3) is 0 Å². The molecule has 0 aromatic heterocycles. The van der Waals surface area contributed by atoms with E-state index in [1.165, 1.54) is 35.6 Å². The highest BCUT2D eigenvalue weighted by atomic mass is 33.1. The van der Waals surface area contributed by atoms with Crippen molar-refractivity contribution in [3.8, 4) is 0 Å². The SMILES string of the molecule is COC(=O)C(=N)CSSCC(N)C(=O)C(C)=O. The van der Waals surface area contributed by atoms with Gasteiger partial charge in [-0.25, -0.2) is 4.79 Å². The van der Waals surface area contributed by atoms with Crippen LogP contribution in [0, 0.1) is 5.41 Å². The molecular weight excluding hydrogens is 264 g/mol. The average molecular weight is 278 g/mol. The smallest absolute Gasteiger partial charge is 0.352 e. The van der Waals surface area contributed by atoms with Crippen molar-refractivity contribution >= 4 is 44.8 Å². The average Bonchev–Trinajstić information content (AvgIpc) is 2.31. The van der Waals surface area contributed by atoms with Crippen LogP contribution < -0.4 is 5.73 Å². The maximum Gasteiger partial charge on any atom is 0.352 e. The van der Waals surface area contributed by atoms with E-state index < -0.39 is 23.6 Å². The molecular formula is C9H14N2O4S2. The molecule has 6 nitrogen and oxygen atoms in total. The normalized spacial score (nSPS) is 11.7. The van der Waals surface area contributed by atoms with Crippen molar-refractivity contribution in [3.63, 3.8) is 0 Å². The van der Waals surface area contributed by atoms with Crippen molar-refractivity contribution in [1.82, 2.24) is 0 Å². The molecule has 0 aromatic carbocycles. The van der Waals surface area contributed by atoms with Gasteiger partial charge in [0.2, 0.25) is 5.78 Å². The van der Waals surface area contributed by atoms with Gasteiger partial charge in [0, 0.05) is 12.7 Å². The molecule has 0 fully saturated rings. The van der Waals surface area contributed by atoms with E-state index in [1.54, 1.807) is 0 Å². The first-order chi connectivity index (χ1) is 7.90. The van der Waals surface area contributed by atoms with Crippen LogP contribution in [0.15, 0.2) is 0 Å². The van der Waals surface area contributed by atoms with Crippen molar-refractivity contribution in [1.29, 1.82) is 5.41 Å². The van der Waals surface area contributed by atoms with Gasteiger partial charge in [0.05, 0.1) is 18.9 Å². The third-order valence-electron chi connectivity index (χ3n) is 1.65. The van der Waals surface area contributed by atoms with Gasteiger partial charge in [-0.3, -0.25) is 15.0 Å². The lowest BCUT2D eigenvalue weighted by Crippen LogP contribution is -2.36. The molecule has 0 radical (unpaired) electrons. The first kappa shape index (κ1) is 16.1. The summed E-state index contributed by atoms with van der Waals surface area (Å²) in [5.41, 5.74) is 5.32. The second-order valence-electron chi connectivity index (χ2n) is 3.04. The molecule has 0 saturated carbocycles. The van der Waals surface area contributed by atoms with E-state index in [0.717, 1.165) is 0 Å². The van der Waals surface area contributed by atoms with Crippen LogP contribution in [0.5, 0.6) is 0 Å². The number of Topliss-reactive ketones (excluding diaryl/α,β-unsaturated/α-hetero) is 2. The molecule has 1 unspecified atom stereocenters. The number of ether oxygens (including phenoxy) is 1. The summed E-state index contributed by atoms with van der Waals surface area (Å²) in [5, 5.41) is 7.27. The van der Waals surface area contributed by atoms with Gasteiger partial charge in [-0.2, -0.15) is 0 Å². The van der Waals surface area contributed by atoms with Crippen LogP contribution >= 0.6 is 21.6 Å². The van der Waals surface area contributed by atoms with Crippen molar-refractivity contribution in [2.24, 2.45) is 5.73 Å². The summed E-state index contributed by atoms with van der Waals surface area (Å²) in [6, 6.07) is -0.836. The summed E-state index contributed by atoms with van der Waals surface area (Å²) in [5.74, 6) is -1.43. The monoisotopic (exact) mass is 278 g/mol. The fraction of sp³-hybridized carbons (Fsp3) is 0.556. The first-order valence-corrected chi connectivity index (χ1v) is 7.09. The predicted molar refractivity (Wildman–Crippen MR) is 68.3 cm³/mol. The molecule has 0 heterocycles. The number of rotatable bonds is 8. The summed E-state index contributed by atoms with van der Waals surface area (Å²) in [4.78, 5) is 32.7. The summed E-state index contributed by atoms with van der Waals surface area (Å²) in [6.45, 7) is 1.17. The topological polar surface area (TPSA) is 110 Å². The standard InChI is InChI=1S/C9H14N2O4S2/c1-5(12)8(13)6(10)3-16-17-4-7(11)9(14)15-2/h6,11H,3-4,10H2,1-2H3. The van der Waals surface area contributed by atoms with Gasteiger partial charge in [0.15, 0.2) is 5.78 Å². The predicted octanol–water partition coefficient (Wildman–Crippen LogP) is 0.0460. The number of hydrogen-bond acceptors (Lipinski definition) is 8. The molecule has 0 aliphatic heterocycles. The van der Waals surface area contributed by atoms with Gasteiger partial charge in [-0.15, -0.1) is 0 Å². The van der Waals surface area contributed by atoms with Crippen LogP contribution in [-0.4, -0.2) is 47.9 Å². The number of methoxy groups -OCH3 is 1. The van der Waals surface area contributed by atoms with E-state index in [9.17, 15) is 14.4 Å². The lowest BCUT2D eigenvalue weighted by molar-refractivity contribution is -0.135. The molecule has 0 bridgehead atoms. The molecule has 0 rings (SSSR count). The van der Waals surface area contributed by atoms with Crippen LogP contribution in [0.1, 0.15) is 6.92 Å². The van der Waals surface area contributed by atoms with Crippen LogP contribution in [-0.2, 0) is 19.1 Å². The number of hydrogen-bond donors (Lipinski definition) is 2. The molecule has 0 aliphatic rings.